The third-order valence-corrected chi connectivity index (χ3v) is 2.04. The third kappa shape index (κ3) is 2.79. The summed E-state index contributed by atoms with van der Waals surface area (Å²) >= 11 is 10.1. The summed E-state index contributed by atoms with van der Waals surface area (Å²) in [5, 5.41) is 24.6. The highest BCUT2D eigenvalue weighted by molar-refractivity contribution is 6.14. The van der Waals surface area contributed by atoms with Crippen LogP contribution in [0.5, 0.6) is 0 Å². The third-order valence-electron chi connectivity index (χ3n) is 1.88. The van der Waals surface area contributed by atoms with E-state index in [1.54, 1.807) is 0 Å². The van der Waals surface area contributed by atoms with E-state index in [0.29, 0.717) is 0 Å². The van der Waals surface area contributed by atoms with Crippen molar-refractivity contribution in [1.82, 2.24) is 0 Å². The van der Waals surface area contributed by atoms with Gasteiger partial charge in [-0.1, -0.05) is 9.27 Å². The van der Waals surface area contributed by atoms with Gasteiger partial charge in [0, 0.05) is 0 Å². The second kappa shape index (κ2) is 6.03. The van der Waals surface area contributed by atoms with Crippen LogP contribution < -0.4 is 0 Å². The van der Waals surface area contributed by atoms with Crippen LogP contribution in [0.1, 0.15) is 20.7 Å². The van der Waals surface area contributed by atoms with Crippen molar-refractivity contribution in [2.24, 2.45) is 19.5 Å². The summed E-state index contributed by atoms with van der Waals surface area (Å²) in [5.74, 6) is -2.95. The van der Waals surface area contributed by atoms with Crippen molar-refractivity contribution in [3.8, 4) is 0 Å². The standard InChI is InChI=1S/C8H4Cl2N4O4/c9-13-11-4-2-1-3(7(15)16)5(8(17)18)6(4)12-14-10/h1-2H,(H,15,16)(H,17,18). The molecule has 0 spiro atoms. The number of rotatable bonds is 4. The predicted octanol–water partition coefficient (Wildman–Crippen LogP) is 3.56. The number of nitrogens with zero attached hydrogens (tertiary/aromatic N) is 4. The second-order valence-electron chi connectivity index (χ2n) is 2.82. The average Bonchev–Trinajstić information content (AvgIpc) is 2.30. The van der Waals surface area contributed by atoms with E-state index >= 15 is 0 Å². The van der Waals surface area contributed by atoms with Crippen LogP contribution in [0.15, 0.2) is 31.6 Å². The van der Waals surface area contributed by atoms with E-state index in [4.69, 9.17) is 33.8 Å². The highest BCUT2D eigenvalue weighted by atomic mass is 35.5. The fourth-order valence-corrected chi connectivity index (χ4v) is 1.39. The zero-order valence-electron chi connectivity index (χ0n) is 8.41. The van der Waals surface area contributed by atoms with Gasteiger partial charge in [0.15, 0.2) is 0 Å². The van der Waals surface area contributed by atoms with Gasteiger partial charge in [-0.2, -0.15) is 0 Å². The van der Waals surface area contributed by atoms with Crippen molar-refractivity contribution in [2.75, 3.05) is 0 Å². The van der Waals surface area contributed by atoms with E-state index in [0.717, 1.165) is 6.07 Å². The lowest BCUT2D eigenvalue weighted by Crippen LogP contribution is -2.08. The number of benzene rings is 1. The van der Waals surface area contributed by atoms with E-state index in [1.165, 1.54) is 6.07 Å². The molecule has 0 aliphatic rings. The molecule has 0 saturated heterocycles. The SMILES string of the molecule is O=C(O)c1ccc(N=NCl)c(N=NCl)c1C(=O)O. The Morgan fingerprint density at radius 3 is 2.06 bits per heavy atom. The van der Waals surface area contributed by atoms with Crippen molar-refractivity contribution in [2.45, 2.75) is 0 Å². The molecule has 2 N–H and O–H groups in total. The predicted molar refractivity (Wildman–Crippen MR) is 61.1 cm³/mol. The minimum absolute atomic E-state index is 0.0724. The summed E-state index contributed by atoms with van der Waals surface area (Å²) in [6.07, 6.45) is 0. The van der Waals surface area contributed by atoms with Crippen LogP contribution >= 0.6 is 23.6 Å². The number of carbonyl (C=O) groups is 2. The minimum Gasteiger partial charge on any atom is -0.478 e. The largest absolute Gasteiger partial charge is 0.478 e. The topological polar surface area (TPSA) is 124 Å². The summed E-state index contributed by atoms with van der Waals surface area (Å²) < 4.78 is 5.82. The number of hydrogen-bond acceptors (Lipinski definition) is 6. The van der Waals surface area contributed by atoms with Gasteiger partial charge >= 0.3 is 11.9 Å². The van der Waals surface area contributed by atoms with Crippen LogP contribution in [-0.2, 0) is 0 Å². The van der Waals surface area contributed by atoms with Gasteiger partial charge in [0.2, 0.25) is 0 Å². The average molecular weight is 291 g/mol. The zero-order valence-corrected chi connectivity index (χ0v) is 9.92. The lowest BCUT2D eigenvalue weighted by molar-refractivity contribution is 0.0652. The Labute approximate surface area is 110 Å². The molecule has 10 heteroatoms. The highest BCUT2D eigenvalue weighted by Crippen LogP contribution is 2.35. The molecule has 0 heterocycles. The molecule has 8 nitrogen and oxygen atoms in total. The van der Waals surface area contributed by atoms with Crippen LogP contribution in [0.25, 0.3) is 0 Å². The molecular formula is C8H4Cl2N4O4. The first kappa shape index (κ1) is 14.0. The molecule has 0 fully saturated rings. The minimum atomic E-state index is -1.52. The Kier molecular flexibility index (Phi) is 4.69. The quantitative estimate of drug-likeness (QED) is 0.822. The lowest BCUT2D eigenvalue weighted by Gasteiger charge is -2.06. The molecule has 18 heavy (non-hydrogen) atoms. The molecular weight excluding hydrogens is 287 g/mol. The van der Waals surface area contributed by atoms with E-state index in [1.807, 2.05) is 0 Å². The molecule has 0 saturated carbocycles. The molecule has 0 aliphatic carbocycles. The molecule has 1 aromatic rings. The van der Waals surface area contributed by atoms with Gasteiger partial charge < -0.3 is 10.2 Å². The van der Waals surface area contributed by atoms with Crippen molar-refractivity contribution in [3.63, 3.8) is 0 Å². The van der Waals surface area contributed by atoms with Crippen molar-refractivity contribution < 1.29 is 19.8 Å². The summed E-state index contributed by atoms with van der Waals surface area (Å²) in [5.41, 5.74) is -1.50. The smallest absolute Gasteiger partial charge is 0.338 e. The first-order valence-electron chi connectivity index (χ1n) is 4.20. The van der Waals surface area contributed by atoms with Crippen LogP contribution in [0, 0.1) is 0 Å². The van der Waals surface area contributed by atoms with Crippen LogP contribution in [-0.4, -0.2) is 22.2 Å². The second-order valence-corrected chi connectivity index (χ2v) is 3.12. The summed E-state index contributed by atoms with van der Waals surface area (Å²) in [6.45, 7) is 0. The van der Waals surface area contributed by atoms with Gasteiger partial charge in [-0.3, -0.25) is 0 Å². The Hall–Kier alpha value is -2.06. The molecule has 0 bridgehead atoms. The van der Waals surface area contributed by atoms with Gasteiger partial charge in [-0.05, 0) is 12.1 Å². The molecule has 1 aromatic carbocycles. The van der Waals surface area contributed by atoms with Gasteiger partial charge in [0.25, 0.3) is 0 Å². The fraction of sp³-hybridized carbons (Fsp3) is 0. The summed E-state index contributed by atoms with van der Waals surface area (Å²) in [4.78, 5) is 22.0. The zero-order chi connectivity index (χ0) is 13.7. The number of carboxylic acids is 2. The maximum atomic E-state index is 11.1. The molecule has 0 aliphatic heterocycles. The van der Waals surface area contributed by atoms with Crippen molar-refractivity contribution in [1.29, 1.82) is 0 Å². The van der Waals surface area contributed by atoms with Gasteiger partial charge in [-0.25, -0.2) is 9.59 Å². The molecule has 0 amide bonds. The normalized spacial score (nSPS) is 11.2. The van der Waals surface area contributed by atoms with E-state index in [9.17, 15) is 9.59 Å². The molecule has 0 aromatic heterocycles. The molecule has 1 rings (SSSR count). The summed E-state index contributed by atoms with van der Waals surface area (Å²) in [7, 11) is 0. The van der Waals surface area contributed by atoms with Crippen LogP contribution in [0.2, 0.25) is 0 Å². The van der Waals surface area contributed by atoms with Gasteiger partial charge in [0.05, 0.1) is 29.1 Å². The van der Waals surface area contributed by atoms with E-state index < -0.39 is 23.1 Å². The molecule has 0 unspecified atom stereocenters. The Balaban J connectivity index is 3.70. The number of aromatic carboxylic acids is 2. The Morgan fingerprint density at radius 1 is 1.00 bits per heavy atom. The summed E-state index contributed by atoms with van der Waals surface area (Å²) in [6, 6.07) is 2.22. The monoisotopic (exact) mass is 290 g/mol. The molecule has 0 radical (unpaired) electrons. The molecule has 94 valence electrons. The van der Waals surface area contributed by atoms with E-state index in [-0.39, 0.29) is 11.4 Å². The van der Waals surface area contributed by atoms with Crippen LogP contribution in [0.3, 0.4) is 0 Å². The highest BCUT2D eigenvalue weighted by Gasteiger charge is 2.23. The van der Waals surface area contributed by atoms with Crippen molar-refractivity contribution in [3.05, 3.63) is 23.3 Å². The van der Waals surface area contributed by atoms with Crippen LogP contribution in [0.4, 0.5) is 11.4 Å². The number of hydrogen-bond donors (Lipinski definition) is 2. The fourth-order valence-electron chi connectivity index (χ4n) is 1.24. The lowest BCUT2D eigenvalue weighted by atomic mass is 10.0. The number of carboxylic acid groups (broad SMARTS) is 2. The maximum Gasteiger partial charge on any atom is 0.338 e. The van der Waals surface area contributed by atoms with Gasteiger partial charge in [0.1, 0.15) is 16.9 Å². The first-order valence-corrected chi connectivity index (χ1v) is 4.88. The Morgan fingerprint density at radius 2 is 1.61 bits per heavy atom. The van der Waals surface area contributed by atoms with E-state index in [2.05, 4.69) is 19.5 Å². The number of halogens is 2. The first-order chi connectivity index (χ1) is 8.52. The van der Waals surface area contributed by atoms with Crippen molar-refractivity contribution >= 4 is 46.9 Å². The molecule has 0 atom stereocenters. The Bertz CT molecular complexity index is 558. The van der Waals surface area contributed by atoms with Gasteiger partial charge in [-0.15, -0.1) is 10.2 Å². The maximum absolute atomic E-state index is 11.1.